The largest absolute Gasteiger partial charge is 0.348 e. The Hall–Kier alpha value is -0.410. The zero-order valence-electron chi connectivity index (χ0n) is 8.63. The second kappa shape index (κ2) is 4.20. The molecular formula is C10H18O3. The average molecular weight is 186 g/mol. The Morgan fingerprint density at radius 3 is 2.69 bits per heavy atom. The van der Waals surface area contributed by atoms with E-state index in [0.29, 0.717) is 13.0 Å². The van der Waals surface area contributed by atoms with Gasteiger partial charge < -0.3 is 14.3 Å². The van der Waals surface area contributed by atoms with Crippen molar-refractivity contribution in [1.29, 1.82) is 0 Å². The van der Waals surface area contributed by atoms with Gasteiger partial charge in [0, 0.05) is 6.42 Å². The van der Waals surface area contributed by atoms with E-state index in [4.69, 9.17) is 9.47 Å². The van der Waals surface area contributed by atoms with Crippen molar-refractivity contribution in [3.05, 3.63) is 0 Å². The second-order valence-electron chi connectivity index (χ2n) is 4.04. The monoisotopic (exact) mass is 186 g/mol. The Morgan fingerprint density at radius 1 is 1.54 bits per heavy atom. The number of carbonyl (C=O) groups is 1. The molecule has 1 saturated heterocycles. The van der Waals surface area contributed by atoms with Gasteiger partial charge in [-0.1, -0.05) is 0 Å². The highest BCUT2D eigenvalue weighted by Crippen LogP contribution is 2.24. The quantitative estimate of drug-likeness (QED) is 0.672. The van der Waals surface area contributed by atoms with Crippen molar-refractivity contribution in [2.24, 2.45) is 0 Å². The van der Waals surface area contributed by atoms with Gasteiger partial charge in [-0.2, -0.15) is 0 Å². The fraction of sp³-hybridized carbons (Fsp3) is 0.900. The lowest BCUT2D eigenvalue weighted by Crippen LogP contribution is -2.21. The van der Waals surface area contributed by atoms with Crippen LogP contribution in [0.15, 0.2) is 0 Å². The summed E-state index contributed by atoms with van der Waals surface area (Å²) in [6, 6.07) is 0. The second-order valence-corrected chi connectivity index (χ2v) is 4.04. The lowest BCUT2D eigenvalue weighted by atomic mass is 10.1. The summed E-state index contributed by atoms with van der Waals surface area (Å²) in [5.41, 5.74) is 0. The van der Waals surface area contributed by atoms with E-state index < -0.39 is 5.79 Å². The van der Waals surface area contributed by atoms with Gasteiger partial charge in [0.1, 0.15) is 5.78 Å². The first-order valence-corrected chi connectivity index (χ1v) is 4.81. The van der Waals surface area contributed by atoms with Crippen molar-refractivity contribution in [3.8, 4) is 0 Å². The van der Waals surface area contributed by atoms with Crippen LogP contribution in [0.25, 0.3) is 0 Å². The number of ketones is 1. The number of ether oxygens (including phenoxy) is 2. The van der Waals surface area contributed by atoms with Crippen molar-refractivity contribution < 1.29 is 14.3 Å². The van der Waals surface area contributed by atoms with Crippen molar-refractivity contribution in [2.75, 3.05) is 6.61 Å². The Bertz CT molecular complexity index is 187. The number of carbonyl (C=O) groups excluding carboxylic acids is 1. The summed E-state index contributed by atoms with van der Waals surface area (Å²) in [5, 5.41) is 0. The van der Waals surface area contributed by atoms with E-state index in [1.807, 2.05) is 13.8 Å². The minimum atomic E-state index is -0.430. The smallest absolute Gasteiger partial charge is 0.163 e. The van der Waals surface area contributed by atoms with Crippen LogP contribution in [0.1, 0.15) is 40.0 Å². The summed E-state index contributed by atoms with van der Waals surface area (Å²) in [4.78, 5) is 10.7. The molecule has 1 rings (SSSR count). The highest BCUT2D eigenvalue weighted by atomic mass is 16.7. The summed E-state index contributed by atoms with van der Waals surface area (Å²) in [5.74, 6) is -0.181. The van der Waals surface area contributed by atoms with Crippen LogP contribution in [0.3, 0.4) is 0 Å². The molecule has 0 spiro atoms. The summed E-state index contributed by atoms with van der Waals surface area (Å²) in [6.07, 6.45) is 2.65. The Balaban J connectivity index is 2.14. The maximum atomic E-state index is 10.7. The molecule has 76 valence electrons. The van der Waals surface area contributed by atoms with E-state index in [1.165, 1.54) is 0 Å². The number of rotatable bonds is 4. The Morgan fingerprint density at radius 2 is 2.23 bits per heavy atom. The molecule has 0 bridgehead atoms. The van der Waals surface area contributed by atoms with Crippen molar-refractivity contribution >= 4 is 5.78 Å². The third-order valence-corrected chi connectivity index (χ3v) is 2.12. The van der Waals surface area contributed by atoms with E-state index in [-0.39, 0.29) is 11.9 Å². The first-order valence-electron chi connectivity index (χ1n) is 4.81. The van der Waals surface area contributed by atoms with Gasteiger partial charge in [-0.15, -0.1) is 0 Å². The molecule has 0 saturated carbocycles. The molecule has 0 aromatic carbocycles. The van der Waals surface area contributed by atoms with Crippen LogP contribution in [0.2, 0.25) is 0 Å². The molecule has 1 aliphatic heterocycles. The highest BCUT2D eigenvalue weighted by Gasteiger charge is 2.31. The lowest BCUT2D eigenvalue weighted by molar-refractivity contribution is -0.139. The normalized spacial score (nSPS) is 26.2. The van der Waals surface area contributed by atoms with Gasteiger partial charge >= 0.3 is 0 Å². The molecule has 0 aliphatic carbocycles. The molecule has 1 heterocycles. The number of Topliss-reactive ketones (excluding diaryl/α,β-unsaturated/α-hetero) is 1. The molecule has 1 fully saturated rings. The predicted octanol–water partition coefficient (Wildman–Crippen LogP) is 1.90. The van der Waals surface area contributed by atoms with Gasteiger partial charge in [-0.25, -0.2) is 0 Å². The molecule has 0 aromatic rings. The van der Waals surface area contributed by atoms with Crippen LogP contribution in [0.5, 0.6) is 0 Å². The Kier molecular flexibility index (Phi) is 3.45. The minimum absolute atomic E-state index is 0.175. The Labute approximate surface area is 79.4 Å². The van der Waals surface area contributed by atoms with Crippen molar-refractivity contribution in [1.82, 2.24) is 0 Å². The lowest BCUT2D eigenvalue weighted by Gasteiger charge is -2.16. The summed E-state index contributed by atoms with van der Waals surface area (Å²) < 4.78 is 11.0. The van der Waals surface area contributed by atoms with Crippen molar-refractivity contribution in [3.63, 3.8) is 0 Å². The van der Waals surface area contributed by atoms with Crippen LogP contribution >= 0.6 is 0 Å². The summed E-state index contributed by atoms with van der Waals surface area (Å²) in [6.45, 7) is 6.11. The first kappa shape index (κ1) is 10.7. The van der Waals surface area contributed by atoms with Crippen LogP contribution in [0, 0.1) is 0 Å². The molecular weight excluding hydrogens is 168 g/mol. The van der Waals surface area contributed by atoms with E-state index in [0.717, 1.165) is 12.8 Å². The van der Waals surface area contributed by atoms with Gasteiger partial charge in [0.15, 0.2) is 5.79 Å². The third kappa shape index (κ3) is 3.87. The topological polar surface area (TPSA) is 35.5 Å². The fourth-order valence-electron chi connectivity index (χ4n) is 1.48. The maximum absolute atomic E-state index is 10.7. The van der Waals surface area contributed by atoms with Crippen LogP contribution < -0.4 is 0 Å². The SMILES string of the molecule is CC(=O)CCCC1COC(C)(C)O1. The molecule has 0 N–H and O–H groups in total. The number of hydrogen-bond acceptors (Lipinski definition) is 3. The zero-order chi connectivity index (χ0) is 9.90. The van der Waals surface area contributed by atoms with E-state index in [2.05, 4.69) is 0 Å². The van der Waals surface area contributed by atoms with Crippen LogP contribution in [0.4, 0.5) is 0 Å². The summed E-state index contributed by atoms with van der Waals surface area (Å²) in [7, 11) is 0. The van der Waals surface area contributed by atoms with Gasteiger partial charge in [-0.3, -0.25) is 0 Å². The molecule has 0 aromatic heterocycles. The van der Waals surface area contributed by atoms with Gasteiger partial charge in [-0.05, 0) is 33.6 Å². The van der Waals surface area contributed by atoms with E-state index in [9.17, 15) is 4.79 Å². The number of hydrogen-bond donors (Lipinski definition) is 0. The highest BCUT2D eigenvalue weighted by molar-refractivity contribution is 5.75. The minimum Gasteiger partial charge on any atom is -0.348 e. The molecule has 3 heteroatoms. The first-order chi connectivity index (χ1) is 5.99. The molecule has 1 aliphatic rings. The predicted molar refractivity (Wildman–Crippen MR) is 49.4 cm³/mol. The molecule has 0 radical (unpaired) electrons. The van der Waals surface area contributed by atoms with Crippen molar-refractivity contribution in [2.45, 2.75) is 51.9 Å². The van der Waals surface area contributed by atoms with Gasteiger partial charge in [0.2, 0.25) is 0 Å². The molecule has 1 unspecified atom stereocenters. The molecule has 3 nitrogen and oxygen atoms in total. The molecule has 13 heavy (non-hydrogen) atoms. The van der Waals surface area contributed by atoms with E-state index >= 15 is 0 Å². The zero-order valence-corrected chi connectivity index (χ0v) is 8.63. The fourth-order valence-corrected chi connectivity index (χ4v) is 1.48. The van der Waals surface area contributed by atoms with Gasteiger partial charge in [0.05, 0.1) is 12.7 Å². The standard InChI is InChI=1S/C10H18O3/c1-8(11)5-4-6-9-7-12-10(2,3)13-9/h9H,4-7H2,1-3H3. The van der Waals surface area contributed by atoms with Crippen LogP contribution in [-0.2, 0) is 14.3 Å². The van der Waals surface area contributed by atoms with Crippen LogP contribution in [-0.4, -0.2) is 24.3 Å². The average Bonchev–Trinajstić information content (AvgIpc) is 2.29. The van der Waals surface area contributed by atoms with E-state index in [1.54, 1.807) is 6.92 Å². The summed E-state index contributed by atoms with van der Waals surface area (Å²) >= 11 is 0. The third-order valence-electron chi connectivity index (χ3n) is 2.12. The molecule has 0 amide bonds. The molecule has 1 atom stereocenters. The maximum Gasteiger partial charge on any atom is 0.163 e. The van der Waals surface area contributed by atoms with Gasteiger partial charge in [0.25, 0.3) is 0 Å².